The number of rotatable bonds is 4. The largest absolute Gasteiger partial charge is 0.393 e. The third-order valence-electron chi connectivity index (χ3n) is 3.72. The number of hydrogen-bond donors (Lipinski definition) is 1. The van der Waals surface area contributed by atoms with Crippen molar-refractivity contribution in [3.8, 4) is 0 Å². The summed E-state index contributed by atoms with van der Waals surface area (Å²) < 4.78 is 11.1. The molecule has 0 unspecified atom stereocenters. The van der Waals surface area contributed by atoms with Gasteiger partial charge in [0.2, 0.25) is 0 Å². The van der Waals surface area contributed by atoms with Crippen LogP contribution in [0.15, 0.2) is 0 Å². The second-order valence-electron chi connectivity index (χ2n) is 5.06. The molecule has 0 aromatic heterocycles. The first-order valence-corrected chi connectivity index (χ1v) is 6.09. The van der Waals surface area contributed by atoms with Crippen molar-refractivity contribution in [1.82, 2.24) is 0 Å². The first kappa shape index (κ1) is 11.4. The third-order valence-corrected chi connectivity index (χ3v) is 3.72. The Morgan fingerprint density at radius 2 is 2.20 bits per heavy atom. The smallest absolute Gasteiger partial charge is 0.0891 e. The van der Waals surface area contributed by atoms with Gasteiger partial charge in [-0.25, -0.2) is 0 Å². The third kappa shape index (κ3) is 2.92. The van der Waals surface area contributed by atoms with Crippen molar-refractivity contribution in [2.45, 2.75) is 51.4 Å². The molecule has 0 amide bonds. The molecular formula is C12H22O3. The summed E-state index contributed by atoms with van der Waals surface area (Å²) in [6.07, 6.45) is 3.97. The number of hydrogen-bond acceptors (Lipinski definition) is 3. The predicted molar refractivity (Wildman–Crippen MR) is 57.7 cm³/mol. The molecule has 2 fully saturated rings. The molecule has 0 aliphatic carbocycles. The van der Waals surface area contributed by atoms with Crippen molar-refractivity contribution < 1.29 is 14.6 Å². The second-order valence-corrected chi connectivity index (χ2v) is 5.06. The first-order chi connectivity index (χ1) is 7.18. The van der Waals surface area contributed by atoms with Gasteiger partial charge in [0.1, 0.15) is 0 Å². The monoisotopic (exact) mass is 214 g/mol. The summed E-state index contributed by atoms with van der Waals surface area (Å²) >= 11 is 0. The number of ether oxygens (including phenoxy) is 2. The molecule has 0 aromatic rings. The molecule has 2 aliphatic rings. The highest BCUT2D eigenvalue weighted by Crippen LogP contribution is 2.37. The quantitative estimate of drug-likeness (QED) is 0.723. The zero-order valence-electron chi connectivity index (χ0n) is 9.69. The Balaban J connectivity index is 1.69. The van der Waals surface area contributed by atoms with Crippen LogP contribution in [0.3, 0.4) is 0 Å². The van der Waals surface area contributed by atoms with Crippen molar-refractivity contribution in [3.63, 3.8) is 0 Å². The van der Waals surface area contributed by atoms with E-state index in [1.54, 1.807) is 0 Å². The van der Waals surface area contributed by atoms with Crippen LogP contribution in [-0.2, 0) is 9.47 Å². The fraction of sp³-hybridized carbons (Fsp3) is 1.00. The van der Waals surface area contributed by atoms with Crippen molar-refractivity contribution >= 4 is 0 Å². The summed E-state index contributed by atoms with van der Waals surface area (Å²) in [7, 11) is 0. The van der Waals surface area contributed by atoms with Gasteiger partial charge in [-0.1, -0.05) is 6.92 Å². The Hall–Kier alpha value is -0.120. The molecule has 0 aromatic carbocycles. The van der Waals surface area contributed by atoms with Gasteiger partial charge in [0.25, 0.3) is 0 Å². The van der Waals surface area contributed by atoms with Gasteiger partial charge in [0.05, 0.1) is 18.3 Å². The van der Waals surface area contributed by atoms with Crippen LogP contribution in [0.1, 0.15) is 33.1 Å². The highest BCUT2D eigenvalue weighted by atomic mass is 16.6. The minimum atomic E-state index is -0.261. The van der Waals surface area contributed by atoms with E-state index in [1.807, 2.05) is 6.92 Å². The van der Waals surface area contributed by atoms with Crippen molar-refractivity contribution in [2.24, 2.45) is 11.8 Å². The van der Waals surface area contributed by atoms with Gasteiger partial charge in [-0.2, -0.15) is 0 Å². The summed E-state index contributed by atoms with van der Waals surface area (Å²) in [4.78, 5) is 0. The lowest BCUT2D eigenvalue weighted by Crippen LogP contribution is -2.23. The van der Waals surface area contributed by atoms with Crippen LogP contribution in [0.4, 0.5) is 0 Å². The van der Waals surface area contributed by atoms with E-state index in [9.17, 15) is 5.11 Å². The van der Waals surface area contributed by atoms with Gasteiger partial charge >= 0.3 is 0 Å². The van der Waals surface area contributed by atoms with Crippen LogP contribution >= 0.6 is 0 Å². The molecule has 0 radical (unpaired) electrons. The molecule has 15 heavy (non-hydrogen) atoms. The highest BCUT2D eigenvalue weighted by molar-refractivity contribution is 4.92. The van der Waals surface area contributed by atoms with E-state index in [4.69, 9.17) is 9.47 Å². The minimum absolute atomic E-state index is 0.261. The average molecular weight is 214 g/mol. The van der Waals surface area contributed by atoms with E-state index in [2.05, 4.69) is 6.92 Å². The maximum Gasteiger partial charge on any atom is 0.0891 e. The van der Waals surface area contributed by atoms with Gasteiger partial charge in [0.15, 0.2) is 0 Å². The van der Waals surface area contributed by atoms with Gasteiger partial charge in [-0.05, 0) is 32.1 Å². The number of aliphatic hydroxyl groups is 1. The van der Waals surface area contributed by atoms with Crippen LogP contribution < -0.4 is 0 Å². The Morgan fingerprint density at radius 1 is 1.40 bits per heavy atom. The zero-order chi connectivity index (χ0) is 10.8. The van der Waals surface area contributed by atoms with Crippen LogP contribution in [0.5, 0.6) is 0 Å². The van der Waals surface area contributed by atoms with Crippen molar-refractivity contribution in [3.05, 3.63) is 0 Å². The SMILES string of the molecule is C[C@H]([C@@H]1O[C@H]1C[C@@H]1CCCOC1)[C@H](C)O. The van der Waals surface area contributed by atoms with E-state index >= 15 is 0 Å². The summed E-state index contributed by atoms with van der Waals surface area (Å²) in [5.41, 5.74) is 0. The standard InChI is InChI=1S/C12H22O3/c1-8(9(2)13)12-11(15-12)6-10-4-3-5-14-7-10/h8-13H,3-7H2,1-2H3/t8-,9-,10-,11-,12-/m0/s1. The Morgan fingerprint density at radius 3 is 2.80 bits per heavy atom. The fourth-order valence-corrected chi connectivity index (χ4v) is 2.40. The molecule has 2 aliphatic heterocycles. The lowest BCUT2D eigenvalue weighted by Gasteiger charge is -2.21. The Kier molecular flexibility index (Phi) is 3.65. The molecule has 0 saturated carbocycles. The van der Waals surface area contributed by atoms with Gasteiger partial charge in [-0.3, -0.25) is 0 Å². The summed E-state index contributed by atoms with van der Waals surface area (Å²) in [5, 5.41) is 9.45. The van der Waals surface area contributed by atoms with Gasteiger partial charge in [0, 0.05) is 19.1 Å². The van der Waals surface area contributed by atoms with Crippen LogP contribution in [0.2, 0.25) is 0 Å². The molecule has 0 spiro atoms. The molecule has 0 bridgehead atoms. The Bertz CT molecular complexity index is 199. The maximum absolute atomic E-state index is 9.45. The maximum atomic E-state index is 9.45. The Labute approximate surface area is 91.8 Å². The van der Waals surface area contributed by atoms with Crippen LogP contribution in [0.25, 0.3) is 0 Å². The highest BCUT2D eigenvalue weighted by Gasteiger charge is 2.45. The van der Waals surface area contributed by atoms with E-state index in [0.29, 0.717) is 12.0 Å². The lowest BCUT2D eigenvalue weighted by atomic mass is 9.92. The molecule has 3 heteroatoms. The van der Waals surface area contributed by atoms with E-state index in [0.717, 1.165) is 19.6 Å². The average Bonchev–Trinajstić information content (AvgIpc) is 2.97. The summed E-state index contributed by atoms with van der Waals surface area (Å²) in [6.45, 7) is 5.73. The summed E-state index contributed by atoms with van der Waals surface area (Å²) in [5.74, 6) is 0.939. The first-order valence-electron chi connectivity index (χ1n) is 6.09. The molecule has 2 saturated heterocycles. The molecule has 2 heterocycles. The van der Waals surface area contributed by atoms with E-state index in [1.165, 1.54) is 12.8 Å². The molecular weight excluding hydrogens is 192 g/mol. The number of aliphatic hydroxyl groups excluding tert-OH is 1. The van der Waals surface area contributed by atoms with E-state index in [-0.39, 0.29) is 18.1 Å². The van der Waals surface area contributed by atoms with Crippen LogP contribution in [-0.4, -0.2) is 36.6 Å². The lowest BCUT2D eigenvalue weighted by molar-refractivity contribution is 0.0487. The normalized spacial score (nSPS) is 39.8. The van der Waals surface area contributed by atoms with Crippen LogP contribution in [0, 0.1) is 11.8 Å². The fourth-order valence-electron chi connectivity index (χ4n) is 2.40. The zero-order valence-corrected chi connectivity index (χ0v) is 9.69. The van der Waals surface area contributed by atoms with E-state index < -0.39 is 0 Å². The van der Waals surface area contributed by atoms with Gasteiger partial charge < -0.3 is 14.6 Å². The molecule has 2 rings (SSSR count). The molecule has 1 N–H and O–H groups in total. The second kappa shape index (κ2) is 4.81. The van der Waals surface area contributed by atoms with Gasteiger partial charge in [-0.15, -0.1) is 0 Å². The topological polar surface area (TPSA) is 42.0 Å². The molecule has 88 valence electrons. The predicted octanol–water partition coefficient (Wildman–Crippen LogP) is 1.59. The minimum Gasteiger partial charge on any atom is -0.393 e. The molecule has 5 atom stereocenters. The van der Waals surface area contributed by atoms with Crippen molar-refractivity contribution in [2.75, 3.05) is 13.2 Å². The molecule has 3 nitrogen and oxygen atoms in total. The summed E-state index contributed by atoms with van der Waals surface area (Å²) in [6, 6.07) is 0. The number of epoxide rings is 1. The van der Waals surface area contributed by atoms with Crippen molar-refractivity contribution in [1.29, 1.82) is 0 Å².